The van der Waals surface area contributed by atoms with Gasteiger partial charge < -0.3 is 5.73 Å². The number of halogens is 1. The molecule has 0 aliphatic rings. The Labute approximate surface area is 135 Å². The molecule has 1 aromatic carbocycles. The van der Waals surface area contributed by atoms with Gasteiger partial charge in [-0.1, -0.05) is 11.3 Å². The first-order valence-electron chi connectivity index (χ1n) is 5.39. The van der Waals surface area contributed by atoms with Crippen molar-refractivity contribution in [3.05, 3.63) is 48.5 Å². The number of carbonyl (C=O) groups is 2. The zero-order chi connectivity index (χ0) is 15.6. The van der Waals surface area contributed by atoms with E-state index in [0.29, 0.717) is 3.57 Å². The topological polar surface area (TPSA) is 128 Å². The average molecular weight is 418 g/mol. The van der Waals surface area contributed by atoms with E-state index in [2.05, 4.69) is 10.3 Å². The Morgan fingerprint density at radius 3 is 2.71 bits per heavy atom. The number of hydrogen-bond donors (Lipinski definition) is 2. The van der Waals surface area contributed by atoms with Gasteiger partial charge in [0.25, 0.3) is 17.5 Å². The number of anilines is 1. The van der Waals surface area contributed by atoms with Crippen molar-refractivity contribution in [2.24, 2.45) is 5.73 Å². The lowest BCUT2D eigenvalue weighted by atomic mass is 10.2. The molecule has 0 unspecified atom stereocenters. The highest BCUT2D eigenvalue weighted by Gasteiger charge is 2.17. The number of aromatic nitrogens is 1. The van der Waals surface area contributed by atoms with Crippen molar-refractivity contribution in [1.82, 2.24) is 4.98 Å². The summed E-state index contributed by atoms with van der Waals surface area (Å²) in [6.45, 7) is 0. The maximum absolute atomic E-state index is 12.1. The minimum Gasteiger partial charge on any atom is -0.365 e. The molecule has 108 valence electrons. The van der Waals surface area contributed by atoms with E-state index in [-0.39, 0.29) is 21.3 Å². The lowest BCUT2D eigenvalue weighted by molar-refractivity contribution is -0.384. The van der Waals surface area contributed by atoms with Crippen LogP contribution in [0.15, 0.2) is 24.4 Å². The highest BCUT2D eigenvalue weighted by Crippen LogP contribution is 2.22. The van der Waals surface area contributed by atoms with E-state index in [4.69, 9.17) is 5.73 Å². The standard InChI is InChI=1S/C11H7IN4O4S/c12-7-2-1-5(16(19)20)3-6(7)10(18)15-11-14-4-8(21-11)9(13)17/h1-4H,(H2,13,17)(H,14,15,18). The van der Waals surface area contributed by atoms with Gasteiger partial charge in [-0.15, -0.1) is 0 Å². The third kappa shape index (κ3) is 3.52. The van der Waals surface area contributed by atoms with Crippen LogP contribution in [0.3, 0.4) is 0 Å². The van der Waals surface area contributed by atoms with E-state index in [1.165, 1.54) is 24.4 Å². The van der Waals surface area contributed by atoms with Crippen LogP contribution in [-0.2, 0) is 0 Å². The van der Waals surface area contributed by atoms with Crippen molar-refractivity contribution < 1.29 is 14.5 Å². The minimum absolute atomic E-state index is 0.153. The molecule has 1 heterocycles. The number of benzene rings is 1. The van der Waals surface area contributed by atoms with Gasteiger partial charge in [0, 0.05) is 15.7 Å². The van der Waals surface area contributed by atoms with Gasteiger partial charge >= 0.3 is 0 Å². The van der Waals surface area contributed by atoms with Crippen LogP contribution in [0.2, 0.25) is 0 Å². The molecule has 1 aromatic heterocycles. The molecule has 2 amide bonds. The van der Waals surface area contributed by atoms with Crippen LogP contribution in [0.1, 0.15) is 20.0 Å². The number of nitrogens with zero attached hydrogens (tertiary/aromatic N) is 2. The van der Waals surface area contributed by atoms with Crippen molar-refractivity contribution in [2.75, 3.05) is 5.32 Å². The Bertz CT molecular complexity index is 746. The van der Waals surface area contributed by atoms with Crippen molar-refractivity contribution in [2.45, 2.75) is 0 Å². The molecule has 0 fully saturated rings. The molecule has 10 heteroatoms. The third-order valence-electron chi connectivity index (χ3n) is 2.37. The molecule has 0 saturated carbocycles. The summed E-state index contributed by atoms with van der Waals surface area (Å²) in [6.07, 6.45) is 1.25. The van der Waals surface area contributed by atoms with Crippen molar-refractivity contribution >= 4 is 56.6 Å². The van der Waals surface area contributed by atoms with Crippen LogP contribution in [-0.4, -0.2) is 21.7 Å². The van der Waals surface area contributed by atoms with Crippen molar-refractivity contribution in [3.63, 3.8) is 0 Å². The molecule has 2 aromatic rings. The highest BCUT2D eigenvalue weighted by molar-refractivity contribution is 14.1. The maximum Gasteiger partial charge on any atom is 0.270 e. The number of amides is 2. The second-order valence-corrected chi connectivity index (χ2v) is 5.96. The van der Waals surface area contributed by atoms with E-state index >= 15 is 0 Å². The first kappa shape index (κ1) is 15.3. The number of nitro benzene ring substituents is 1. The smallest absolute Gasteiger partial charge is 0.270 e. The molecule has 0 spiro atoms. The highest BCUT2D eigenvalue weighted by atomic mass is 127. The van der Waals surface area contributed by atoms with E-state index in [1.807, 2.05) is 22.6 Å². The summed E-state index contributed by atoms with van der Waals surface area (Å²) in [4.78, 5) is 37.2. The van der Waals surface area contributed by atoms with Gasteiger partial charge in [0.2, 0.25) is 0 Å². The van der Waals surface area contributed by atoms with Gasteiger partial charge in [-0.3, -0.25) is 25.0 Å². The summed E-state index contributed by atoms with van der Waals surface area (Å²) in [5.41, 5.74) is 5.06. The number of non-ortho nitro benzene ring substituents is 1. The van der Waals surface area contributed by atoms with E-state index < -0.39 is 16.7 Å². The quantitative estimate of drug-likeness (QED) is 0.446. The summed E-state index contributed by atoms with van der Waals surface area (Å²) in [6, 6.07) is 3.97. The fraction of sp³-hybridized carbons (Fsp3) is 0. The number of nitrogens with two attached hydrogens (primary N) is 1. The van der Waals surface area contributed by atoms with Crippen LogP contribution in [0.5, 0.6) is 0 Å². The molecule has 0 bridgehead atoms. The number of rotatable bonds is 4. The molecule has 2 rings (SSSR count). The monoisotopic (exact) mass is 418 g/mol. The molecule has 21 heavy (non-hydrogen) atoms. The first-order valence-corrected chi connectivity index (χ1v) is 7.29. The van der Waals surface area contributed by atoms with Gasteiger partial charge in [-0.2, -0.15) is 0 Å². The Hall–Kier alpha value is -2.08. The fourth-order valence-corrected chi connectivity index (χ4v) is 2.65. The summed E-state index contributed by atoms with van der Waals surface area (Å²) < 4.78 is 0.558. The maximum atomic E-state index is 12.1. The first-order chi connectivity index (χ1) is 9.88. The number of hydrogen-bond acceptors (Lipinski definition) is 6. The molecular weight excluding hydrogens is 411 g/mol. The van der Waals surface area contributed by atoms with Crippen LogP contribution in [0.4, 0.5) is 10.8 Å². The summed E-state index contributed by atoms with van der Waals surface area (Å²) in [5.74, 6) is -1.19. The summed E-state index contributed by atoms with van der Waals surface area (Å²) >= 11 is 2.83. The Balaban J connectivity index is 2.25. The van der Waals surface area contributed by atoms with Crippen molar-refractivity contribution in [3.8, 4) is 0 Å². The minimum atomic E-state index is -0.641. The SMILES string of the molecule is NC(=O)c1cnc(NC(=O)c2cc([N+](=O)[O-])ccc2I)s1. The Morgan fingerprint density at radius 2 is 2.14 bits per heavy atom. The van der Waals surface area contributed by atoms with Crippen LogP contribution < -0.4 is 11.1 Å². The third-order valence-corrected chi connectivity index (χ3v) is 4.24. The number of carbonyl (C=O) groups excluding carboxylic acids is 2. The van der Waals surface area contributed by atoms with E-state index in [1.54, 1.807) is 0 Å². The number of nitro groups is 1. The second-order valence-electron chi connectivity index (χ2n) is 3.77. The van der Waals surface area contributed by atoms with Crippen LogP contribution >= 0.6 is 33.9 Å². The molecule has 0 saturated heterocycles. The normalized spacial score (nSPS) is 10.1. The molecule has 0 radical (unpaired) electrons. The predicted molar refractivity (Wildman–Crippen MR) is 84.4 cm³/mol. The zero-order valence-corrected chi connectivity index (χ0v) is 13.2. The van der Waals surface area contributed by atoms with E-state index in [9.17, 15) is 19.7 Å². The zero-order valence-electron chi connectivity index (χ0n) is 10.2. The largest absolute Gasteiger partial charge is 0.365 e. The van der Waals surface area contributed by atoms with Crippen LogP contribution in [0, 0.1) is 13.7 Å². The van der Waals surface area contributed by atoms with Gasteiger partial charge in [-0.05, 0) is 28.7 Å². The molecule has 0 aliphatic carbocycles. The van der Waals surface area contributed by atoms with Gasteiger partial charge in [0.15, 0.2) is 5.13 Å². The molecule has 0 atom stereocenters. The lowest BCUT2D eigenvalue weighted by Crippen LogP contribution is -2.13. The molecule has 0 aliphatic heterocycles. The van der Waals surface area contributed by atoms with Crippen LogP contribution in [0.25, 0.3) is 0 Å². The fourth-order valence-electron chi connectivity index (χ4n) is 1.41. The predicted octanol–water partition coefficient (Wildman–Crippen LogP) is 2.01. The summed E-state index contributed by atoms with van der Waals surface area (Å²) in [7, 11) is 0. The number of thiazole rings is 1. The second kappa shape index (κ2) is 6.13. The molecule has 3 N–H and O–H groups in total. The Morgan fingerprint density at radius 1 is 1.43 bits per heavy atom. The van der Waals surface area contributed by atoms with Gasteiger partial charge in [0.05, 0.1) is 16.7 Å². The van der Waals surface area contributed by atoms with Gasteiger partial charge in [0.1, 0.15) is 4.88 Å². The Kier molecular flexibility index (Phi) is 4.47. The molecule has 8 nitrogen and oxygen atoms in total. The van der Waals surface area contributed by atoms with Gasteiger partial charge in [-0.25, -0.2) is 4.98 Å². The molecular formula is C11H7IN4O4S. The summed E-state index contributed by atoms with van der Waals surface area (Å²) in [5, 5.41) is 13.4. The van der Waals surface area contributed by atoms with Crippen molar-refractivity contribution in [1.29, 1.82) is 0 Å². The number of primary amides is 1. The van der Waals surface area contributed by atoms with E-state index in [0.717, 1.165) is 11.3 Å². The lowest BCUT2D eigenvalue weighted by Gasteiger charge is -2.04. The number of nitrogens with one attached hydrogen (secondary N) is 1. The average Bonchev–Trinajstić information content (AvgIpc) is 2.87.